The summed E-state index contributed by atoms with van der Waals surface area (Å²) < 4.78 is 10.8. The number of hydrogen-bond donors (Lipinski definition) is 1. The minimum absolute atomic E-state index is 0. The molecular weight excluding hydrogens is 378 g/mol. The van der Waals surface area contributed by atoms with E-state index in [9.17, 15) is 4.79 Å². The van der Waals surface area contributed by atoms with Crippen molar-refractivity contribution in [3.63, 3.8) is 0 Å². The van der Waals surface area contributed by atoms with Crippen LogP contribution in [0.15, 0.2) is 42.5 Å². The van der Waals surface area contributed by atoms with Crippen LogP contribution in [0.5, 0.6) is 11.5 Å². The molecule has 0 atom stereocenters. The number of rotatable bonds is 4. The van der Waals surface area contributed by atoms with Gasteiger partial charge < -0.3 is 19.7 Å². The fraction of sp³-hybridized carbons (Fsp3) is 0.238. The lowest BCUT2D eigenvalue weighted by molar-refractivity contribution is 0.230. The number of aryl methyl sites for hydroxylation is 1. The number of urea groups is 1. The zero-order chi connectivity index (χ0) is 19.6. The molecule has 1 aromatic heterocycles. The van der Waals surface area contributed by atoms with Crippen molar-refractivity contribution in [2.24, 2.45) is 0 Å². The number of benzene rings is 2. The lowest BCUT2D eigenvalue weighted by Gasteiger charge is -2.16. The van der Waals surface area contributed by atoms with Crippen LogP contribution in [-0.4, -0.2) is 44.2 Å². The topological polar surface area (TPSA) is 63.7 Å². The van der Waals surface area contributed by atoms with Crippen molar-refractivity contribution in [2.45, 2.75) is 6.92 Å². The molecule has 0 saturated heterocycles. The van der Waals surface area contributed by atoms with Crippen LogP contribution in [0.25, 0.3) is 22.0 Å². The van der Waals surface area contributed by atoms with Crippen LogP contribution in [0.1, 0.15) is 5.69 Å². The second kappa shape index (κ2) is 8.80. The fourth-order valence-electron chi connectivity index (χ4n) is 2.93. The molecule has 0 fully saturated rings. The average molecular weight is 402 g/mol. The summed E-state index contributed by atoms with van der Waals surface area (Å²) in [7, 11) is 6.64. The van der Waals surface area contributed by atoms with Gasteiger partial charge in [0.2, 0.25) is 0 Å². The molecule has 1 heterocycles. The van der Waals surface area contributed by atoms with Crippen LogP contribution in [0.4, 0.5) is 10.5 Å². The lowest BCUT2D eigenvalue weighted by atomic mass is 10.0. The Bertz CT molecular complexity index is 1010. The highest BCUT2D eigenvalue weighted by molar-refractivity contribution is 5.96. The number of pyridine rings is 1. The molecule has 0 saturated carbocycles. The molecule has 3 rings (SSSR count). The second-order valence-electron chi connectivity index (χ2n) is 6.39. The third-order valence-electron chi connectivity index (χ3n) is 4.38. The summed E-state index contributed by atoms with van der Waals surface area (Å²) in [5, 5.41) is 4.90. The molecule has 1 N–H and O–H groups in total. The van der Waals surface area contributed by atoms with Crippen molar-refractivity contribution in [2.75, 3.05) is 33.6 Å². The molecule has 7 heteroatoms. The van der Waals surface area contributed by atoms with Crippen LogP contribution in [-0.2, 0) is 0 Å². The third-order valence-corrected chi connectivity index (χ3v) is 4.38. The smallest absolute Gasteiger partial charge is 0.321 e. The summed E-state index contributed by atoms with van der Waals surface area (Å²) in [6.07, 6.45) is 0. The molecule has 2 amide bonds. The largest absolute Gasteiger partial charge is 0.493 e. The number of para-hydroxylation sites is 1. The number of fused-ring (bicyclic) bond motifs is 1. The molecule has 148 valence electrons. The number of amides is 2. The van der Waals surface area contributed by atoms with E-state index in [0.717, 1.165) is 27.7 Å². The highest BCUT2D eigenvalue weighted by Gasteiger charge is 2.14. The Morgan fingerprint density at radius 2 is 1.68 bits per heavy atom. The Labute approximate surface area is 170 Å². The van der Waals surface area contributed by atoms with E-state index in [0.29, 0.717) is 17.2 Å². The average Bonchev–Trinajstić information content (AvgIpc) is 2.67. The standard InChI is InChI=1S/C21H23N3O3.ClH/c1-13-16-12-20(27-5)19(26-4)11-14(16)10-18(22-13)15-8-6-7-9-17(15)23-21(25)24(2)3;/h6-12H,1-5H3,(H,23,25);1H. The summed E-state index contributed by atoms with van der Waals surface area (Å²) in [5.74, 6) is 1.33. The zero-order valence-corrected chi connectivity index (χ0v) is 17.4. The number of ether oxygens (including phenoxy) is 2. The van der Waals surface area contributed by atoms with Gasteiger partial charge in [-0.2, -0.15) is 0 Å². The first-order valence-electron chi connectivity index (χ1n) is 8.55. The first-order valence-corrected chi connectivity index (χ1v) is 8.55. The number of aromatic nitrogens is 1. The predicted molar refractivity (Wildman–Crippen MR) is 115 cm³/mol. The number of carbonyl (C=O) groups excluding carboxylic acids is 1. The van der Waals surface area contributed by atoms with E-state index in [-0.39, 0.29) is 18.4 Å². The minimum atomic E-state index is -0.189. The van der Waals surface area contributed by atoms with Crippen LogP contribution >= 0.6 is 12.4 Å². The summed E-state index contributed by atoms with van der Waals surface area (Å²) in [6.45, 7) is 1.96. The molecule has 6 nitrogen and oxygen atoms in total. The number of nitrogens with zero attached hydrogens (tertiary/aromatic N) is 2. The number of methoxy groups -OCH3 is 2. The quantitative estimate of drug-likeness (QED) is 0.685. The van der Waals surface area contributed by atoms with Crippen molar-refractivity contribution in [1.82, 2.24) is 9.88 Å². The van der Waals surface area contributed by atoms with E-state index in [2.05, 4.69) is 5.32 Å². The lowest BCUT2D eigenvalue weighted by Crippen LogP contribution is -2.27. The molecule has 28 heavy (non-hydrogen) atoms. The van der Waals surface area contributed by atoms with Gasteiger partial charge in [0.25, 0.3) is 0 Å². The van der Waals surface area contributed by atoms with Gasteiger partial charge in [0.05, 0.1) is 25.6 Å². The van der Waals surface area contributed by atoms with E-state index in [1.54, 1.807) is 28.3 Å². The van der Waals surface area contributed by atoms with Crippen LogP contribution in [0, 0.1) is 6.92 Å². The maximum atomic E-state index is 12.1. The van der Waals surface area contributed by atoms with Gasteiger partial charge in [0, 0.05) is 30.7 Å². The first-order chi connectivity index (χ1) is 12.9. The van der Waals surface area contributed by atoms with Crippen molar-refractivity contribution in [3.05, 3.63) is 48.2 Å². The summed E-state index contributed by atoms with van der Waals surface area (Å²) in [4.78, 5) is 18.3. The van der Waals surface area contributed by atoms with Gasteiger partial charge in [0.15, 0.2) is 11.5 Å². The number of carbonyl (C=O) groups is 1. The number of anilines is 1. The van der Waals surface area contributed by atoms with Gasteiger partial charge in [-0.3, -0.25) is 4.98 Å². The monoisotopic (exact) mass is 401 g/mol. The van der Waals surface area contributed by atoms with E-state index >= 15 is 0 Å². The van der Waals surface area contributed by atoms with E-state index in [1.807, 2.05) is 49.4 Å². The van der Waals surface area contributed by atoms with E-state index in [1.165, 1.54) is 4.90 Å². The number of hydrogen-bond acceptors (Lipinski definition) is 4. The minimum Gasteiger partial charge on any atom is -0.493 e. The SMILES string of the molecule is COc1cc2cc(-c3ccccc3NC(=O)N(C)C)nc(C)c2cc1OC.Cl. The molecule has 0 spiro atoms. The third kappa shape index (κ3) is 4.12. The number of halogens is 1. The Balaban J connectivity index is 0.00000280. The highest BCUT2D eigenvalue weighted by Crippen LogP contribution is 2.36. The Morgan fingerprint density at radius 1 is 1.04 bits per heavy atom. The van der Waals surface area contributed by atoms with Crippen molar-refractivity contribution >= 4 is 34.9 Å². The molecule has 0 aliphatic carbocycles. The molecule has 2 aromatic carbocycles. The van der Waals surface area contributed by atoms with E-state index < -0.39 is 0 Å². The maximum absolute atomic E-state index is 12.1. The molecule has 0 bridgehead atoms. The molecule has 0 unspecified atom stereocenters. The van der Waals surface area contributed by atoms with Gasteiger partial charge in [-0.15, -0.1) is 12.4 Å². The van der Waals surface area contributed by atoms with Gasteiger partial charge in [0.1, 0.15) is 0 Å². The maximum Gasteiger partial charge on any atom is 0.321 e. The van der Waals surface area contributed by atoms with Crippen LogP contribution in [0.2, 0.25) is 0 Å². The number of nitrogens with one attached hydrogen (secondary N) is 1. The van der Waals surface area contributed by atoms with Crippen LogP contribution in [0.3, 0.4) is 0 Å². The first kappa shape index (κ1) is 21.3. The Kier molecular flexibility index (Phi) is 6.70. The Morgan fingerprint density at radius 3 is 2.32 bits per heavy atom. The fourth-order valence-corrected chi connectivity index (χ4v) is 2.93. The normalized spacial score (nSPS) is 10.2. The molecule has 0 radical (unpaired) electrons. The highest BCUT2D eigenvalue weighted by atomic mass is 35.5. The van der Waals surface area contributed by atoms with E-state index in [4.69, 9.17) is 14.5 Å². The zero-order valence-electron chi connectivity index (χ0n) is 16.6. The molecule has 0 aliphatic rings. The Hall–Kier alpha value is -2.99. The predicted octanol–water partition coefficient (Wildman–Crippen LogP) is 4.74. The van der Waals surface area contributed by atoms with Gasteiger partial charge in [-0.25, -0.2) is 4.79 Å². The molecular formula is C21H24ClN3O3. The molecule has 3 aromatic rings. The van der Waals surface area contributed by atoms with Crippen molar-refractivity contribution in [1.29, 1.82) is 0 Å². The van der Waals surface area contributed by atoms with Crippen molar-refractivity contribution < 1.29 is 14.3 Å². The summed E-state index contributed by atoms with van der Waals surface area (Å²) >= 11 is 0. The molecule has 0 aliphatic heterocycles. The van der Waals surface area contributed by atoms with Gasteiger partial charge in [-0.1, -0.05) is 18.2 Å². The summed E-state index contributed by atoms with van der Waals surface area (Å²) in [6, 6.07) is 13.3. The van der Waals surface area contributed by atoms with Crippen LogP contribution < -0.4 is 14.8 Å². The van der Waals surface area contributed by atoms with Gasteiger partial charge >= 0.3 is 6.03 Å². The van der Waals surface area contributed by atoms with Gasteiger partial charge in [-0.05, 0) is 36.6 Å². The van der Waals surface area contributed by atoms with Crippen molar-refractivity contribution in [3.8, 4) is 22.8 Å². The summed E-state index contributed by atoms with van der Waals surface area (Å²) in [5.41, 5.74) is 3.22. The second-order valence-corrected chi connectivity index (χ2v) is 6.39.